The molecule has 1 aliphatic heterocycles. The van der Waals surface area contributed by atoms with Gasteiger partial charge in [-0.2, -0.15) is 0 Å². The van der Waals surface area contributed by atoms with Crippen molar-refractivity contribution in [3.8, 4) is 0 Å². The van der Waals surface area contributed by atoms with Crippen LogP contribution < -0.4 is 0 Å². The van der Waals surface area contributed by atoms with Crippen LogP contribution in [0.25, 0.3) is 0 Å². The minimum absolute atomic E-state index is 0.0822. The van der Waals surface area contributed by atoms with E-state index in [9.17, 15) is 4.79 Å². The SMILES string of the molecule is CC(=O)OC1CC(C)OC2CC(C)CCC12. The van der Waals surface area contributed by atoms with Gasteiger partial charge in [0.25, 0.3) is 0 Å². The van der Waals surface area contributed by atoms with Crippen molar-refractivity contribution in [2.75, 3.05) is 0 Å². The van der Waals surface area contributed by atoms with Gasteiger partial charge in [0.05, 0.1) is 12.2 Å². The van der Waals surface area contributed by atoms with Crippen molar-refractivity contribution >= 4 is 5.97 Å². The van der Waals surface area contributed by atoms with Crippen LogP contribution in [0.4, 0.5) is 0 Å². The average Bonchev–Trinajstić information content (AvgIpc) is 2.15. The molecule has 0 aromatic carbocycles. The highest BCUT2D eigenvalue weighted by molar-refractivity contribution is 5.66. The molecule has 0 aromatic rings. The lowest BCUT2D eigenvalue weighted by Gasteiger charge is -2.44. The Morgan fingerprint density at radius 2 is 2.00 bits per heavy atom. The second-order valence-corrected chi connectivity index (χ2v) is 5.45. The molecule has 3 nitrogen and oxygen atoms in total. The molecule has 0 spiro atoms. The summed E-state index contributed by atoms with van der Waals surface area (Å²) in [5.74, 6) is 1.01. The molecular formula is C13H22O3. The van der Waals surface area contributed by atoms with Gasteiger partial charge in [0.2, 0.25) is 0 Å². The molecule has 2 fully saturated rings. The Bertz CT molecular complexity index is 262. The molecule has 5 unspecified atom stereocenters. The Morgan fingerprint density at radius 1 is 1.25 bits per heavy atom. The van der Waals surface area contributed by atoms with Crippen LogP contribution in [0.15, 0.2) is 0 Å². The van der Waals surface area contributed by atoms with E-state index in [-0.39, 0.29) is 18.2 Å². The molecule has 5 atom stereocenters. The van der Waals surface area contributed by atoms with Gasteiger partial charge in [-0.1, -0.05) is 13.3 Å². The highest BCUT2D eigenvalue weighted by Gasteiger charge is 2.41. The summed E-state index contributed by atoms with van der Waals surface area (Å²) >= 11 is 0. The lowest BCUT2D eigenvalue weighted by molar-refractivity contribution is -0.179. The van der Waals surface area contributed by atoms with Crippen LogP contribution in [-0.4, -0.2) is 24.3 Å². The van der Waals surface area contributed by atoms with Crippen molar-refractivity contribution in [2.24, 2.45) is 11.8 Å². The molecule has 92 valence electrons. The third-order valence-electron chi connectivity index (χ3n) is 3.87. The Morgan fingerprint density at radius 3 is 2.69 bits per heavy atom. The smallest absolute Gasteiger partial charge is 0.302 e. The Kier molecular flexibility index (Phi) is 3.53. The van der Waals surface area contributed by atoms with E-state index >= 15 is 0 Å². The lowest BCUT2D eigenvalue weighted by atomic mass is 9.75. The first-order valence-corrected chi connectivity index (χ1v) is 6.39. The Labute approximate surface area is 97.5 Å². The van der Waals surface area contributed by atoms with Crippen LogP contribution in [0.3, 0.4) is 0 Å². The molecule has 1 saturated heterocycles. The van der Waals surface area contributed by atoms with Crippen LogP contribution >= 0.6 is 0 Å². The predicted molar refractivity (Wildman–Crippen MR) is 61.0 cm³/mol. The number of hydrogen-bond donors (Lipinski definition) is 0. The van der Waals surface area contributed by atoms with E-state index in [0.29, 0.717) is 12.0 Å². The summed E-state index contributed by atoms with van der Waals surface area (Å²) in [5.41, 5.74) is 0. The van der Waals surface area contributed by atoms with Gasteiger partial charge in [-0.25, -0.2) is 0 Å². The number of ether oxygens (including phenoxy) is 2. The van der Waals surface area contributed by atoms with E-state index in [2.05, 4.69) is 13.8 Å². The van der Waals surface area contributed by atoms with E-state index in [0.717, 1.165) is 25.2 Å². The second kappa shape index (κ2) is 4.74. The zero-order valence-electron chi connectivity index (χ0n) is 10.4. The molecule has 0 aromatic heterocycles. The lowest BCUT2D eigenvalue weighted by Crippen LogP contribution is -2.47. The first-order chi connectivity index (χ1) is 7.56. The van der Waals surface area contributed by atoms with Gasteiger partial charge in [0.1, 0.15) is 6.10 Å². The number of esters is 1. The average molecular weight is 226 g/mol. The van der Waals surface area contributed by atoms with Crippen LogP contribution in [0.5, 0.6) is 0 Å². The van der Waals surface area contributed by atoms with E-state index < -0.39 is 0 Å². The number of hydrogen-bond acceptors (Lipinski definition) is 3. The van der Waals surface area contributed by atoms with E-state index in [1.165, 1.54) is 13.3 Å². The summed E-state index contributed by atoms with van der Waals surface area (Å²) < 4.78 is 11.4. The normalized spacial score (nSPS) is 43.6. The second-order valence-electron chi connectivity index (χ2n) is 5.45. The fourth-order valence-electron chi connectivity index (χ4n) is 3.14. The highest BCUT2D eigenvalue weighted by Crippen LogP contribution is 2.39. The molecule has 0 N–H and O–H groups in total. The first kappa shape index (κ1) is 11.9. The van der Waals surface area contributed by atoms with Crippen molar-refractivity contribution in [1.82, 2.24) is 0 Å². The van der Waals surface area contributed by atoms with Crippen LogP contribution in [0.1, 0.15) is 46.5 Å². The van der Waals surface area contributed by atoms with Gasteiger partial charge in [-0.15, -0.1) is 0 Å². The Hall–Kier alpha value is -0.570. The van der Waals surface area contributed by atoms with E-state index in [4.69, 9.17) is 9.47 Å². The van der Waals surface area contributed by atoms with Gasteiger partial charge in [0, 0.05) is 19.3 Å². The first-order valence-electron chi connectivity index (χ1n) is 6.39. The molecule has 2 aliphatic rings. The quantitative estimate of drug-likeness (QED) is 0.644. The largest absolute Gasteiger partial charge is 0.462 e. The maximum Gasteiger partial charge on any atom is 0.302 e. The van der Waals surface area contributed by atoms with Crippen LogP contribution in [0, 0.1) is 11.8 Å². The maximum absolute atomic E-state index is 11.1. The molecule has 1 heterocycles. The third kappa shape index (κ3) is 2.57. The monoisotopic (exact) mass is 226 g/mol. The minimum Gasteiger partial charge on any atom is -0.462 e. The summed E-state index contributed by atoms with van der Waals surface area (Å²) in [6, 6.07) is 0. The molecular weight excluding hydrogens is 204 g/mol. The number of rotatable bonds is 1. The molecule has 2 rings (SSSR count). The minimum atomic E-state index is -0.156. The standard InChI is InChI=1S/C13H22O3/c1-8-4-5-11-12(6-8)15-9(2)7-13(11)16-10(3)14/h8-9,11-13H,4-7H2,1-3H3. The van der Waals surface area contributed by atoms with Gasteiger partial charge in [0.15, 0.2) is 0 Å². The van der Waals surface area contributed by atoms with Crippen molar-refractivity contribution in [3.63, 3.8) is 0 Å². The topological polar surface area (TPSA) is 35.5 Å². The number of carbonyl (C=O) groups is 1. The van der Waals surface area contributed by atoms with Gasteiger partial charge in [-0.3, -0.25) is 4.79 Å². The summed E-state index contributed by atoms with van der Waals surface area (Å²) in [5, 5.41) is 0. The maximum atomic E-state index is 11.1. The summed E-state index contributed by atoms with van der Waals surface area (Å²) in [7, 11) is 0. The zero-order valence-corrected chi connectivity index (χ0v) is 10.4. The van der Waals surface area contributed by atoms with Crippen LogP contribution in [-0.2, 0) is 14.3 Å². The van der Waals surface area contributed by atoms with Crippen LogP contribution in [0.2, 0.25) is 0 Å². The summed E-state index contributed by atoms with van der Waals surface area (Å²) in [6.45, 7) is 5.85. The van der Waals surface area contributed by atoms with Crippen molar-refractivity contribution in [3.05, 3.63) is 0 Å². The summed E-state index contributed by atoms with van der Waals surface area (Å²) in [6.07, 6.45) is 4.95. The Balaban J connectivity index is 2.04. The summed E-state index contributed by atoms with van der Waals surface area (Å²) in [4.78, 5) is 11.1. The molecule has 3 heteroatoms. The predicted octanol–water partition coefficient (Wildman–Crippen LogP) is 2.53. The van der Waals surface area contributed by atoms with Crippen molar-refractivity contribution < 1.29 is 14.3 Å². The van der Waals surface area contributed by atoms with Crippen molar-refractivity contribution in [2.45, 2.75) is 64.8 Å². The van der Waals surface area contributed by atoms with Crippen molar-refractivity contribution in [1.29, 1.82) is 0 Å². The number of fused-ring (bicyclic) bond motifs is 1. The highest BCUT2D eigenvalue weighted by atomic mass is 16.6. The molecule has 16 heavy (non-hydrogen) atoms. The fraction of sp³-hybridized carbons (Fsp3) is 0.923. The molecule has 0 amide bonds. The fourth-order valence-corrected chi connectivity index (χ4v) is 3.14. The number of carbonyl (C=O) groups excluding carboxylic acids is 1. The van der Waals surface area contributed by atoms with Gasteiger partial charge in [-0.05, 0) is 25.7 Å². The molecule has 1 aliphatic carbocycles. The third-order valence-corrected chi connectivity index (χ3v) is 3.87. The van der Waals surface area contributed by atoms with Gasteiger partial charge < -0.3 is 9.47 Å². The molecule has 0 bridgehead atoms. The zero-order chi connectivity index (χ0) is 11.7. The van der Waals surface area contributed by atoms with E-state index in [1.54, 1.807) is 0 Å². The van der Waals surface area contributed by atoms with E-state index in [1.807, 2.05) is 0 Å². The molecule has 1 saturated carbocycles. The van der Waals surface area contributed by atoms with Gasteiger partial charge >= 0.3 is 5.97 Å². The molecule has 0 radical (unpaired) electrons.